The average Bonchev–Trinajstić information content (AvgIpc) is 3.51. The minimum absolute atomic E-state index is 0.105. The van der Waals surface area contributed by atoms with Gasteiger partial charge in [-0.25, -0.2) is 0 Å². The normalized spacial score (nSPS) is 16.1. The van der Waals surface area contributed by atoms with Gasteiger partial charge in [-0.05, 0) is 52.7 Å². The van der Waals surface area contributed by atoms with Crippen molar-refractivity contribution in [1.29, 1.82) is 0 Å². The molecule has 35 heavy (non-hydrogen) atoms. The van der Waals surface area contributed by atoms with E-state index in [-0.39, 0.29) is 18.2 Å². The van der Waals surface area contributed by atoms with Crippen LogP contribution >= 0.6 is 11.8 Å². The predicted octanol–water partition coefficient (Wildman–Crippen LogP) is 6.16. The fourth-order valence-corrected chi connectivity index (χ4v) is 4.49. The molecular formula is C28H21N3O3S. The van der Waals surface area contributed by atoms with Crippen molar-refractivity contribution in [2.75, 3.05) is 0 Å². The van der Waals surface area contributed by atoms with Gasteiger partial charge in [-0.1, -0.05) is 72.8 Å². The SMILES string of the molecule is O=C1/C(=C/c2ccccc2O)S/C(=N\N=C\c2ccc(-c3ccccc3)cc2)N1Cc1ccco1. The molecule has 1 N–H and O–H groups in total. The largest absolute Gasteiger partial charge is 0.507 e. The first-order chi connectivity index (χ1) is 17.2. The molecule has 5 rings (SSSR count). The summed E-state index contributed by atoms with van der Waals surface area (Å²) in [4.78, 5) is 15.1. The number of hydrogen-bond donors (Lipinski definition) is 1. The molecule has 1 aromatic heterocycles. The van der Waals surface area contributed by atoms with Gasteiger partial charge >= 0.3 is 0 Å². The lowest BCUT2D eigenvalue weighted by Crippen LogP contribution is -2.28. The smallest absolute Gasteiger partial charge is 0.267 e. The quantitative estimate of drug-likeness (QED) is 0.204. The first kappa shape index (κ1) is 22.4. The van der Waals surface area contributed by atoms with Crippen LogP contribution in [0.4, 0.5) is 0 Å². The van der Waals surface area contributed by atoms with Crippen molar-refractivity contribution in [2.24, 2.45) is 10.2 Å². The summed E-state index contributed by atoms with van der Waals surface area (Å²) in [6.45, 7) is 0.233. The highest BCUT2D eigenvalue weighted by molar-refractivity contribution is 8.18. The lowest BCUT2D eigenvalue weighted by atomic mass is 10.0. The van der Waals surface area contributed by atoms with Crippen molar-refractivity contribution >= 4 is 35.1 Å². The van der Waals surface area contributed by atoms with Crippen LogP contribution in [0.5, 0.6) is 5.75 Å². The summed E-state index contributed by atoms with van der Waals surface area (Å²) in [6.07, 6.45) is 4.88. The third-order valence-electron chi connectivity index (χ3n) is 5.37. The fraction of sp³-hybridized carbons (Fsp3) is 0.0357. The third kappa shape index (κ3) is 5.26. The van der Waals surface area contributed by atoms with Crippen molar-refractivity contribution in [1.82, 2.24) is 4.90 Å². The van der Waals surface area contributed by atoms with Gasteiger partial charge in [0.15, 0.2) is 5.17 Å². The molecule has 0 saturated carbocycles. The molecule has 172 valence electrons. The Labute approximate surface area is 206 Å². The second-order valence-electron chi connectivity index (χ2n) is 7.76. The topological polar surface area (TPSA) is 78.4 Å². The van der Waals surface area contributed by atoms with Gasteiger partial charge in [0, 0.05) is 5.56 Å². The molecule has 7 heteroatoms. The summed E-state index contributed by atoms with van der Waals surface area (Å²) in [5, 5.41) is 19.1. The number of phenols is 1. The van der Waals surface area contributed by atoms with Crippen LogP contribution in [0.2, 0.25) is 0 Å². The molecule has 6 nitrogen and oxygen atoms in total. The number of phenolic OH excluding ortho intramolecular Hbond substituents is 1. The van der Waals surface area contributed by atoms with Gasteiger partial charge in [0.2, 0.25) is 0 Å². The lowest BCUT2D eigenvalue weighted by molar-refractivity contribution is -0.122. The Hall–Kier alpha value is -4.36. The van der Waals surface area contributed by atoms with Crippen molar-refractivity contribution in [3.05, 3.63) is 119 Å². The number of para-hydroxylation sites is 1. The molecule has 0 radical (unpaired) electrons. The van der Waals surface area contributed by atoms with E-state index >= 15 is 0 Å². The Kier molecular flexibility index (Phi) is 6.59. The van der Waals surface area contributed by atoms with Gasteiger partial charge in [0.25, 0.3) is 5.91 Å². The van der Waals surface area contributed by atoms with Gasteiger partial charge in [-0.15, -0.1) is 5.10 Å². The van der Waals surface area contributed by atoms with E-state index in [1.54, 1.807) is 55.0 Å². The van der Waals surface area contributed by atoms with E-state index in [2.05, 4.69) is 22.3 Å². The second kappa shape index (κ2) is 10.3. The maximum Gasteiger partial charge on any atom is 0.267 e. The van der Waals surface area contributed by atoms with E-state index in [0.717, 1.165) is 16.7 Å². The number of aromatic hydroxyl groups is 1. The van der Waals surface area contributed by atoms with E-state index in [1.807, 2.05) is 42.5 Å². The summed E-state index contributed by atoms with van der Waals surface area (Å²) in [6, 6.07) is 28.6. The van der Waals surface area contributed by atoms with Crippen molar-refractivity contribution in [3.8, 4) is 16.9 Å². The van der Waals surface area contributed by atoms with Crippen molar-refractivity contribution in [3.63, 3.8) is 0 Å². The highest BCUT2D eigenvalue weighted by atomic mass is 32.2. The average molecular weight is 480 g/mol. The van der Waals surface area contributed by atoms with Crippen LogP contribution in [-0.4, -0.2) is 27.3 Å². The number of rotatable bonds is 6. The maximum absolute atomic E-state index is 13.1. The van der Waals surface area contributed by atoms with Gasteiger partial charge < -0.3 is 9.52 Å². The molecule has 4 aromatic rings. The zero-order chi connectivity index (χ0) is 24.0. The van der Waals surface area contributed by atoms with Crippen LogP contribution in [0.15, 0.2) is 117 Å². The molecule has 1 amide bonds. The van der Waals surface area contributed by atoms with Crippen LogP contribution in [0.25, 0.3) is 17.2 Å². The predicted molar refractivity (Wildman–Crippen MR) is 140 cm³/mol. The number of carbonyl (C=O) groups excluding carboxylic acids is 1. The number of thioether (sulfide) groups is 1. The minimum atomic E-state index is -0.226. The first-order valence-corrected chi connectivity index (χ1v) is 11.8. The van der Waals surface area contributed by atoms with E-state index in [4.69, 9.17) is 4.42 Å². The summed E-state index contributed by atoms with van der Waals surface area (Å²) < 4.78 is 5.43. The highest BCUT2D eigenvalue weighted by Crippen LogP contribution is 2.35. The molecule has 0 aliphatic carbocycles. The molecule has 1 fully saturated rings. The number of furan rings is 1. The minimum Gasteiger partial charge on any atom is -0.507 e. The molecule has 1 aliphatic heterocycles. The van der Waals surface area contributed by atoms with E-state index in [0.29, 0.717) is 21.4 Å². The summed E-state index contributed by atoms with van der Waals surface area (Å²) >= 11 is 1.21. The number of carbonyl (C=O) groups is 1. The van der Waals surface area contributed by atoms with E-state index < -0.39 is 0 Å². The molecule has 0 unspecified atom stereocenters. The molecular weight excluding hydrogens is 458 g/mol. The maximum atomic E-state index is 13.1. The number of amidine groups is 1. The molecule has 0 bridgehead atoms. The van der Waals surface area contributed by atoms with Crippen LogP contribution in [0.1, 0.15) is 16.9 Å². The Balaban J connectivity index is 1.38. The zero-order valence-corrected chi connectivity index (χ0v) is 19.4. The number of hydrogen-bond acceptors (Lipinski definition) is 6. The zero-order valence-electron chi connectivity index (χ0n) is 18.6. The molecule has 3 aromatic carbocycles. The lowest BCUT2D eigenvalue weighted by Gasteiger charge is -2.12. The number of amides is 1. The Bertz CT molecular complexity index is 1410. The molecule has 1 saturated heterocycles. The second-order valence-corrected chi connectivity index (χ2v) is 8.76. The van der Waals surface area contributed by atoms with Crippen LogP contribution in [0.3, 0.4) is 0 Å². The van der Waals surface area contributed by atoms with Gasteiger partial charge in [-0.3, -0.25) is 9.69 Å². The molecule has 1 aliphatic rings. The number of benzene rings is 3. The third-order valence-corrected chi connectivity index (χ3v) is 6.37. The van der Waals surface area contributed by atoms with Gasteiger partial charge in [0.1, 0.15) is 11.5 Å². The Morgan fingerprint density at radius 1 is 0.886 bits per heavy atom. The highest BCUT2D eigenvalue weighted by Gasteiger charge is 2.34. The van der Waals surface area contributed by atoms with Crippen LogP contribution < -0.4 is 0 Å². The van der Waals surface area contributed by atoms with E-state index in [1.165, 1.54) is 16.7 Å². The summed E-state index contributed by atoms with van der Waals surface area (Å²) in [5.74, 6) is 0.514. The summed E-state index contributed by atoms with van der Waals surface area (Å²) in [5.41, 5.74) is 3.72. The van der Waals surface area contributed by atoms with Crippen LogP contribution in [0, 0.1) is 0 Å². The fourth-order valence-electron chi connectivity index (χ4n) is 3.57. The first-order valence-electron chi connectivity index (χ1n) is 11.0. The Morgan fingerprint density at radius 3 is 2.37 bits per heavy atom. The molecule has 0 spiro atoms. The summed E-state index contributed by atoms with van der Waals surface area (Å²) in [7, 11) is 0. The van der Waals surface area contributed by atoms with Crippen molar-refractivity contribution in [2.45, 2.75) is 6.54 Å². The number of nitrogens with zero attached hydrogens (tertiary/aromatic N) is 3. The molecule has 0 atom stereocenters. The molecule has 2 heterocycles. The van der Waals surface area contributed by atoms with Gasteiger partial charge in [0.05, 0.1) is 23.9 Å². The van der Waals surface area contributed by atoms with Crippen molar-refractivity contribution < 1.29 is 14.3 Å². The van der Waals surface area contributed by atoms with Gasteiger partial charge in [-0.2, -0.15) is 5.10 Å². The standard InChI is InChI=1S/C28H21N3O3S/c32-25-11-5-4-9-23(25)17-26-27(33)31(19-24-10-6-16-34-24)28(35-26)30-29-18-20-12-14-22(15-13-20)21-7-2-1-3-8-21/h1-18,32H,19H2/b26-17-,29-18+,30-28-. The monoisotopic (exact) mass is 479 g/mol. The Morgan fingerprint density at radius 2 is 1.63 bits per heavy atom. The van der Waals surface area contributed by atoms with Crippen LogP contribution in [-0.2, 0) is 11.3 Å². The van der Waals surface area contributed by atoms with E-state index in [9.17, 15) is 9.90 Å².